The molecule has 0 aromatic rings. The summed E-state index contributed by atoms with van der Waals surface area (Å²) < 4.78 is 21.6. The summed E-state index contributed by atoms with van der Waals surface area (Å²) in [5.41, 5.74) is -0.0932. The molecule has 16 heavy (non-hydrogen) atoms. The van der Waals surface area contributed by atoms with Crippen LogP contribution in [0, 0.1) is 0 Å². The van der Waals surface area contributed by atoms with Crippen molar-refractivity contribution in [3.63, 3.8) is 0 Å². The number of rotatable bonds is 6. The lowest BCUT2D eigenvalue weighted by molar-refractivity contribution is -0.120. The van der Waals surface area contributed by atoms with Crippen molar-refractivity contribution in [1.82, 2.24) is 10.6 Å². The Balaban J connectivity index is 3.60. The minimum Gasteiger partial charge on any atom is -0.355 e. The highest BCUT2D eigenvalue weighted by molar-refractivity contribution is 7.90. The van der Waals surface area contributed by atoms with E-state index in [2.05, 4.69) is 10.6 Å². The third-order valence-corrected chi connectivity index (χ3v) is 2.82. The van der Waals surface area contributed by atoms with E-state index in [0.29, 0.717) is 13.0 Å². The Kier molecular flexibility index (Phi) is 5.96. The Morgan fingerprint density at radius 1 is 1.25 bits per heavy atom. The minimum absolute atomic E-state index is 0.0932. The van der Waals surface area contributed by atoms with E-state index in [1.807, 2.05) is 20.8 Å². The molecule has 2 N–H and O–H groups in total. The largest absolute Gasteiger partial charge is 0.355 e. The number of nitrogens with one attached hydrogen (secondary N) is 2. The molecular weight excluding hydrogens is 228 g/mol. The molecule has 6 heteroatoms. The summed E-state index contributed by atoms with van der Waals surface area (Å²) >= 11 is 0. The number of hydrogen-bond acceptors (Lipinski definition) is 4. The fourth-order valence-electron chi connectivity index (χ4n) is 0.970. The molecule has 96 valence electrons. The first-order valence-corrected chi connectivity index (χ1v) is 7.36. The van der Waals surface area contributed by atoms with E-state index in [4.69, 9.17) is 0 Å². The number of carbonyl (C=O) groups excluding carboxylic acids is 1. The molecule has 0 rings (SSSR count). The lowest BCUT2D eigenvalue weighted by Crippen LogP contribution is -2.43. The smallest absolute Gasteiger partial charge is 0.233 e. The van der Waals surface area contributed by atoms with E-state index in [1.54, 1.807) is 0 Å². The van der Waals surface area contributed by atoms with Gasteiger partial charge < -0.3 is 10.6 Å². The molecule has 0 saturated carbocycles. The molecule has 0 aromatic heterocycles. The molecular formula is C10H22N2O3S. The lowest BCUT2D eigenvalue weighted by Gasteiger charge is -2.19. The number of carbonyl (C=O) groups is 1. The monoisotopic (exact) mass is 250 g/mol. The van der Waals surface area contributed by atoms with Crippen molar-refractivity contribution >= 4 is 15.7 Å². The van der Waals surface area contributed by atoms with Crippen LogP contribution >= 0.6 is 0 Å². The van der Waals surface area contributed by atoms with Crippen LogP contribution in [0.4, 0.5) is 0 Å². The first-order valence-electron chi connectivity index (χ1n) is 5.30. The van der Waals surface area contributed by atoms with Gasteiger partial charge in [-0.15, -0.1) is 0 Å². The van der Waals surface area contributed by atoms with E-state index >= 15 is 0 Å². The first kappa shape index (κ1) is 15.4. The molecule has 0 heterocycles. The highest BCUT2D eigenvalue weighted by Crippen LogP contribution is 1.96. The summed E-state index contributed by atoms with van der Waals surface area (Å²) in [6, 6.07) is 0. The van der Waals surface area contributed by atoms with Crippen LogP contribution in [-0.4, -0.2) is 45.0 Å². The Labute approximate surface area is 97.9 Å². The molecule has 0 aliphatic rings. The van der Waals surface area contributed by atoms with Crippen LogP contribution in [0.1, 0.15) is 27.2 Å². The van der Waals surface area contributed by atoms with Crippen molar-refractivity contribution < 1.29 is 13.2 Å². The van der Waals surface area contributed by atoms with Crippen molar-refractivity contribution in [3.8, 4) is 0 Å². The lowest BCUT2D eigenvalue weighted by atomic mass is 10.1. The molecule has 0 saturated heterocycles. The van der Waals surface area contributed by atoms with Gasteiger partial charge >= 0.3 is 0 Å². The zero-order chi connectivity index (χ0) is 12.8. The molecule has 0 fully saturated rings. The standard InChI is InChI=1S/C10H22N2O3S/c1-10(2,3)12-8-9(13)11-6-5-7-16(4,14)15/h12H,5-8H2,1-4H3,(H,11,13). The summed E-state index contributed by atoms with van der Waals surface area (Å²) in [5, 5.41) is 5.71. The van der Waals surface area contributed by atoms with Gasteiger partial charge in [0.2, 0.25) is 5.91 Å². The van der Waals surface area contributed by atoms with Gasteiger partial charge in [0.25, 0.3) is 0 Å². The van der Waals surface area contributed by atoms with E-state index < -0.39 is 9.84 Å². The number of sulfone groups is 1. The SMILES string of the molecule is CC(C)(C)NCC(=O)NCCCS(C)(=O)=O. The van der Waals surface area contributed by atoms with Crippen molar-refractivity contribution in [2.24, 2.45) is 0 Å². The van der Waals surface area contributed by atoms with Crippen molar-refractivity contribution in [1.29, 1.82) is 0 Å². The molecule has 0 unspecified atom stereocenters. The second-order valence-corrected chi connectivity index (χ2v) is 7.20. The van der Waals surface area contributed by atoms with E-state index in [1.165, 1.54) is 6.26 Å². The average molecular weight is 250 g/mol. The minimum atomic E-state index is -2.92. The predicted octanol–water partition coefficient (Wildman–Crippen LogP) is -0.0746. The third-order valence-electron chi connectivity index (χ3n) is 1.79. The number of amides is 1. The van der Waals surface area contributed by atoms with Crippen LogP contribution in [0.25, 0.3) is 0 Å². The van der Waals surface area contributed by atoms with E-state index in [-0.39, 0.29) is 23.7 Å². The predicted molar refractivity (Wildman–Crippen MR) is 65.1 cm³/mol. The van der Waals surface area contributed by atoms with Crippen molar-refractivity contribution in [2.45, 2.75) is 32.7 Å². The summed E-state index contributed by atoms with van der Waals surface area (Å²) in [7, 11) is -2.92. The van der Waals surface area contributed by atoms with Crippen molar-refractivity contribution in [2.75, 3.05) is 25.1 Å². The second kappa shape index (κ2) is 6.20. The molecule has 5 nitrogen and oxygen atoms in total. The number of hydrogen-bond donors (Lipinski definition) is 2. The summed E-state index contributed by atoms with van der Waals surface area (Å²) in [6.45, 7) is 6.58. The Morgan fingerprint density at radius 3 is 2.25 bits per heavy atom. The molecule has 0 aromatic carbocycles. The van der Waals surface area contributed by atoms with Crippen molar-refractivity contribution in [3.05, 3.63) is 0 Å². The van der Waals surface area contributed by atoms with Gasteiger partial charge in [0, 0.05) is 18.3 Å². The maximum Gasteiger partial charge on any atom is 0.233 e. The van der Waals surface area contributed by atoms with Gasteiger partial charge in [-0.3, -0.25) is 4.79 Å². The summed E-state index contributed by atoms with van der Waals surface area (Å²) in [4.78, 5) is 11.3. The normalized spacial score (nSPS) is 12.5. The van der Waals surface area contributed by atoms with Crippen LogP contribution in [0.3, 0.4) is 0 Å². The molecule has 0 radical (unpaired) electrons. The van der Waals surface area contributed by atoms with Crippen LogP contribution in [-0.2, 0) is 14.6 Å². The van der Waals surface area contributed by atoms with Gasteiger partial charge in [0.1, 0.15) is 9.84 Å². The third kappa shape index (κ3) is 11.5. The van der Waals surface area contributed by atoms with Crippen LogP contribution in [0.5, 0.6) is 0 Å². The Bertz CT molecular complexity index is 317. The van der Waals surface area contributed by atoms with Gasteiger partial charge in [-0.2, -0.15) is 0 Å². The molecule has 0 aliphatic heterocycles. The van der Waals surface area contributed by atoms with Gasteiger partial charge in [-0.25, -0.2) is 8.42 Å². The van der Waals surface area contributed by atoms with Gasteiger partial charge in [-0.05, 0) is 27.2 Å². The Hall–Kier alpha value is -0.620. The second-order valence-electron chi connectivity index (χ2n) is 4.94. The zero-order valence-electron chi connectivity index (χ0n) is 10.5. The fraction of sp³-hybridized carbons (Fsp3) is 0.900. The average Bonchev–Trinajstić information content (AvgIpc) is 2.06. The topological polar surface area (TPSA) is 75.3 Å². The quantitative estimate of drug-likeness (QED) is 0.647. The summed E-state index contributed by atoms with van der Waals surface area (Å²) in [5.74, 6) is 0.00315. The molecule has 0 atom stereocenters. The Morgan fingerprint density at radius 2 is 1.81 bits per heavy atom. The van der Waals surface area contributed by atoms with Gasteiger partial charge in [-0.1, -0.05) is 0 Å². The van der Waals surface area contributed by atoms with Crippen LogP contribution in [0.2, 0.25) is 0 Å². The fourth-order valence-corrected chi connectivity index (χ4v) is 1.64. The highest BCUT2D eigenvalue weighted by atomic mass is 32.2. The molecule has 0 aliphatic carbocycles. The van der Waals surface area contributed by atoms with Crippen LogP contribution < -0.4 is 10.6 Å². The first-order chi connectivity index (χ1) is 7.10. The molecule has 1 amide bonds. The molecule has 0 bridgehead atoms. The maximum atomic E-state index is 11.3. The zero-order valence-corrected chi connectivity index (χ0v) is 11.3. The molecule has 0 spiro atoms. The van der Waals surface area contributed by atoms with Gasteiger partial charge in [0.15, 0.2) is 0 Å². The van der Waals surface area contributed by atoms with Crippen LogP contribution in [0.15, 0.2) is 0 Å². The van der Waals surface area contributed by atoms with E-state index in [9.17, 15) is 13.2 Å². The maximum absolute atomic E-state index is 11.3. The van der Waals surface area contributed by atoms with E-state index in [0.717, 1.165) is 0 Å². The van der Waals surface area contributed by atoms with Gasteiger partial charge in [0.05, 0.1) is 12.3 Å². The highest BCUT2D eigenvalue weighted by Gasteiger charge is 2.10. The summed E-state index contributed by atoms with van der Waals surface area (Å²) in [6.07, 6.45) is 1.65.